The minimum absolute atomic E-state index is 0.000948. The number of ketones is 1. The van der Waals surface area contributed by atoms with Crippen molar-refractivity contribution in [1.82, 2.24) is 4.98 Å². The second kappa shape index (κ2) is 8.33. The van der Waals surface area contributed by atoms with E-state index in [1.807, 2.05) is 0 Å². The zero-order chi connectivity index (χ0) is 21.9. The Morgan fingerprint density at radius 2 is 1.90 bits per heavy atom. The Kier molecular flexibility index (Phi) is 6.30. The van der Waals surface area contributed by atoms with Crippen molar-refractivity contribution in [2.24, 2.45) is 0 Å². The highest BCUT2D eigenvalue weighted by molar-refractivity contribution is 6.02. The third kappa shape index (κ3) is 4.73. The Hall–Kier alpha value is -3.37. The number of carbonyl (C=O) groups excluding carboxylic acids is 2. The van der Waals surface area contributed by atoms with Crippen molar-refractivity contribution in [3.63, 3.8) is 0 Å². The number of aromatic amines is 1. The van der Waals surface area contributed by atoms with Gasteiger partial charge in [0.1, 0.15) is 11.3 Å². The van der Waals surface area contributed by atoms with E-state index in [-0.39, 0.29) is 23.4 Å². The number of halogens is 3. The lowest BCUT2D eigenvalue weighted by atomic mass is 10.1. The fraction of sp³-hybridized carbons (Fsp3) is 0.333. The largest absolute Gasteiger partial charge is 0.485 e. The van der Waals surface area contributed by atoms with Crippen LogP contribution >= 0.6 is 0 Å². The van der Waals surface area contributed by atoms with Crippen LogP contribution in [-0.2, 0) is 10.9 Å². The Labute approximate surface area is 162 Å². The number of benzene rings is 1. The first-order valence-electron chi connectivity index (χ1n) is 8.35. The van der Waals surface area contributed by atoms with E-state index in [0.717, 1.165) is 12.1 Å². The molecule has 0 saturated heterocycles. The summed E-state index contributed by atoms with van der Waals surface area (Å²) in [6.45, 7) is 4.03. The number of nitro groups is 1. The third-order valence-corrected chi connectivity index (χ3v) is 4.03. The number of nitro benzene ring substituents is 1. The number of ether oxygens (including phenoxy) is 2. The summed E-state index contributed by atoms with van der Waals surface area (Å²) in [5, 5.41) is 10.7. The van der Waals surface area contributed by atoms with Crippen LogP contribution in [0.2, 0.25) is 0 Å². The maximum Gasteiger partial charge on any atom is 0.420 e. The number of aromatic nitrogens is 1. The Morgan fingerprint density at radius 3 is 2.45 bits per heavy atom. The van der Waals surface area contributed by atoms with Crippen LogP contribution < -0.4 is 4.74 Å². The molecule has 1 heterocycles. The highest BCUT2D eigenvalue weighted by Crippen LogP contribution is 2.38. The van der Waals surface area contributed by atoms with Gasteiger partial charge in [-0.3, -0.25) is 14.9 Å². The number of nitrogens with zero attached hydrogens (tertiary/aromatic N) is 1. The van der Waals surface area contributed by atoms with Crippen molar-refractivity contribution in [2.45, 2.75) is 26.9 Å². The van der Waals surface area contributed by atoms with E-state index in [4.69, 9.17) is 9.47 Å². The van der Waals surface area contributed by atoms with Crippen LogP contribution in [0.5, 0.6) is 5.75 Å². The average Bonchev–Trinajstić information content (AvgIpc) is 2.93. The maximum absolute atomic E-state index is 13.2. The van der Waals surface area contributed by atoms with E-state index in [9.17, 15) is 32.9 Å². The van der Waals surface area contributed by atoms with Crippen LogP contribution in [0, 0.1) is 24.0 Å². The normalized spacial score (nSPS) is 11.2. The number of Topliss-reactive ketones (excluding diaryl/α,β-unsaturated/α-hetero) is 1. The van der Waals surface area contributed by atoms with Gasteiger partial charge in [0.05, 0.1) is 22.8 Å². The maximum atomic E-state index is 13.2. The van der Waals surface area contributed by atoms with Gasteiger partial charge in [-0.2, -0.15) is 13.2 Å². The van der Waals surface area contributed by atoms with Gasteiger partial charge in [0.2, 0.25) is 5.78 Å². The molecule has 8 nitrogen and oxygen atoms in total. The van der Waals surface area contributed by atoms with Crippen molar-refractivity contribution >= 4 is 17.4 Å². The summed E-state index contributed by atoms with van der Waals surface area (Å²) in [6, 6.07) is 1.96. The minimum Gasteiger partial charge on any atom is -0.485 e. The van der Waals surface area contributed by atoms with Crippen LogP contribution in [0.3, 0.4) is 0 Å². The molecule has 1 aromatic heterocycles. The fourth-order valence-corrected chi connectivity index (χ4v) is 2.73. The molecule has 1 aromatic carbocycles. The number of nitrogens with one attached hydrogen (secondary N) is 1. The summed E-state index contributed by atoms with van der Waals surface area (Å²) >= 11 is 0. The second-order valence-corrected chi connectivity index (χ2v) is 5.99. The molecule has 29 heavy (non-hydrogen) atoms. The monoisotopic (exact) mass is 414 g/mol. The van der Waals surface area contributed by atoms with Gasteiger partial charge in [0, 0.05) is 17.8 Å². The molecular formula is C18H17F3N2O6. The fourth-order valence-electron chi connectivity index (χ4n) is 2.73. The number of aryl methyl sites for hydroxylation is 1. The molecule has 0 radical (unpaired) electrons. The lowest BCUT2D eigenvalue weighted by Crippen LogP contribution is -2.16. The molecule has 0 unspecified atom stereocenters. The summed E-state index contributed by atoms with van der Waals surface area (Å²) in [7, 11) is 0. The lowest BCUT2D eigenvalue weighted by Gasteiger charge is -2.13. The van der Waals surface area contributed by atoms with E-state index < -0.39 is 46.5 Å². The molecule has 0 aliphatic heterocycles. The molecule has 0 spiro atoms. The molecule has 0 bridgehead atoms. The average molecular weight is 414 g/mol. The van der Waals surface area contributed by atoms with Crippen LogP contribution in [-0.4, -0.2) is 34.9 Å². The molecule has 2 rings (SSSR count). The molecule has 0 amide bonds. The van der Waals surface area contributed by atoms with Gasteiger partial charge in [-0.15, -0.1) is 0 Å². The first-order valence-corrected chi connectivity index (χ1v) is 8.35. The van der Waals surface area contributed by atoms with Gasteiger partial charge in [-0.1, -0.05) is 0 Å². The lowest BCUT2D eigenvalue weighted by molar-refractivity contribution is -0.385. The number of non-ortho nitro benzene ring substituents is 1. The molecule has 2 aromatic rings. The topological polar surface area (TPSA) is 112 Å². The van der Waals surface area contributed by atoms with Crippen LogP contribution in [0.25, 0.3) is 0 Å². The van der Waals surface area contributed by atoms with Crippen LogP contribution in [0.15, 0.2) is 18.2 Å². The highest BCUT2D eigenvalue weighted by Gasteiger charge is 2.36. The zero-order valence-electron chi connectivity index (χ0n) is 15.7. The molecule has 0 aliphatic carbocycles. The Morgan fingerprint density at radius 1 is 1.24 bits per heavy atom. The Bertz CT molecular complexity index is 965. The second-order valence-electron chi connectivity index (χ2n) is 5.99. The van der Waals surface area contributed by atoms with Gasteiger partial charge in [0.15, 0.2) is 6.61 Å². The molecule has 0 fully saturated rings. The van der Waals surface area contributed by atoms with Crippen molar-refractivity contribution < 1.29 is 37.2 Å². The summed E-state index contributed by atoms with van der Waals surface area (Å²) in [5.41, 5.74) is -1.30. The number of alkyl halides is 3. The third-order valence-electron chi connectivity index (χ3n) is 4.03. The first kappa shape index (κ1) is 21.9. The highest BCUT2D eigenvalue weighted by atomic mass is 19.4. The van der Waals surface area contributed by atoms with Crippen molar-refractivity contribution in [3.8, 4) is 5.75 Å². The predicted molar refractivity (Wildman–Crippen MR) is 94.1 cm³/mol. The van der Waals surface area contributed by atoms with Crippen LogP contribution in [0.4, 0.5) is 18.9 Å². The van der Waals surface area contributed by atoms with Crippen LogP contribution in [0.1, 0.15) is 44.6 Å². The van der Waals surface area contributed by atoms with E-state index in [0.29, 0.717) is 11.8 Å². The number of hydrogen-bond donors (Lipinski definition) is 1. The first-order chi connectivity index (χ1) is 13.5. The van der Waals surface area contributed by atoms with E-state index in [1.165, 1.54) is 6.92 Å². The molecule has 11 heteroatoms. The molecule has 0 atom stereocenters. The smallest absolute Gasteiger partial charge is 0.420 e. The Balaban J connectivity index is 2.27. The van der Waals surface area contributed by atoms with Gasteiger partial charge >= 0.3 is 12.1 Å². The number of H-pyrrole nitrogens is 1. The number of esters is 1. The molecule has 0 aliphatic rings. The molecule has 156 valence electrons. The van der Waals surface area contributed by atoms with Gasteiger partial charge in [-0.05, 0) is 32.4 Å². The van der Waals surface area contributed by atoms with E-state index in [2.05, 4.69) is 4.98 Å². The SMILES string of the molecule is CCOC(=O)c1c(C)[nH]c(C(=O)COc2ccc([N+](=O)[O-])cc2C(F)(F)F)c1C. The molecule has 1 N–H and O–H groups in total. The van der Waals surface area contributed by atoms with Gasteiger partial charge < -0.3 is 14.5 Å². The zero-order valence-corrected chi connectivity index (χ0v) is 15.7. The van der Waals surface area contributed by atoms with Gasteiger partial charge in [0.25, 0.3) is 5.69 Å². The molecular weight excluding hydrogens is 397 g/mol. The van der Waals surface area contributed by atoms with Crippen molar-refractivity contribution in [1.29, 1.82) is 0 Å². The summed E-state index contributed by atoms with van der Waals surface area (Å²) in [6.07, 6.45) is -4.92. The number of carbonyl (C=O) groups is 2. The molecule has 0 saturated carbocycles. The minimum atomic E-state index is -4.92. The summed E-state index contributed by atoms with van der Waals surface area (Å²) < 4.78 is 49.4. The van der Waals surface area contributed by atoms with E-state index >= 15 is 0 Å². The standard InChI is InChI=1S/C18H17F3N2O6/c1-4-28-17(25)15-9(2)16(22-10(15)3)13(24)8-29-14-6-5-11(23(26)27)7-12(14)18(19,20)21/h5-7,22H,4,8H2,1-3H3. The van der Waals surface area contributed by atoms with Gasteiger partial charge in [-0.25, -0.2) is 4.79 Å². The summed E-state index contributed by atoms with van der Waals surface area (Å²) in [4.78, 5) is 36.9. The summed E-state index contributed by atoms with van der Waals surface area (Å²) in [5.74, 6) is -2.05. The predicted octanol–water partition coefficient (Wildman–Crippen LogP) is 4.00. The van der Waals surface area contributed by atoms with Crippen molar-refractivity contribution in [2.75, 3.05) is 13.2 Å². The number of hydrogen-bond acceptors (Lipinski definition) is 6. The van der Waals surface area contributed by atoms with E-state index in [1.54, 1.807) is 13.8 Å². The quantitative estimate of drug-likeness (QED) is 0.317. The van der Waals surface area contributed by atoms with Crippen molar-refractivity contribution in [3.05, 3.63) is 56.4 Å². The number of rotatable bonds is 7.